The van der Waals surface area contributed by atoms with Gasteiger partial charge in [0, 0.05) is 0 Å². The molecule has 0 bridgehead atoms. The van der Waals surface area contributed by atoms with Gasteiger partial charge in [0.25, 0.3) is 0 Å². The molecule has 0 radical (unpaired) electrons. The Morgan fingerprint density at radius 2 is 0.375 bits per heavy atom. The number of aliphatic carboxylic acids is 6. The van der Waals surface area contributed by atoms with Gasteiger partial charge in [0.05, 0.1) is 35.8 Å². The van der Waals surface area contributed by atoms with E-state index in [0.717, 1.165) is 0 Å². The average molecular weight is 566 g/mol. The summed E-state index contributed by atoms with van der Waals surface area (Å²) in [6.07, 6.45) is 0. The molecule has 0 N–H and O–H groups in total. The van der Waals surface area contributed by atoms with Crippen LogP contribution >= 0.6 is 7.82 Å². The summed E-state index contributed by atoms with van der Waals surface area (Å²) in [5.41, 5.74) is 0. The zero-order chi connectivity index (χ0) is 20.0. The molecule has 32 heavy (non-hydrogen) atoms. The quantitative estimate of drug-likeness (QED) is 0.149. The summed E-state index contributed by atoms with van der Waals surface area (Å²) in [5, 5.41) is 53.6. The maximum Gasteiger partial charge on any atom is 1.00 e. The van der Waals surface area contributed by atoms with Crippen molar-refractivity contribution >= 4 is 43.6 Å². The van der Waals surface area contributed by atoms with Crippen LogP contribution in [-0.4, -0.2) is 35.8 Å². The van der Waals surface area contributed by atoms with Crippen molar-refractivity contribution in [3.05, 3.63) is 0 Å². The molecule has 0 rings (SSSR count). The smallest absolute Gasteiger partial charge is 0.822 e. The van der Waals surface area contributed by atoms with Crippen molar-refractivity contribution in [1.82, 2.24) is 0 Å². The van der Waals surface area contributed by atoms with Crippen molar-refractivity contribution in [2.75, 3.05) is 0 Å². The van der Waals surface area contributed by atoms with Crippen molar-refractivity contribution in [2.45, 2.75) is 0 Å². The zero-order valence-corrected chi connectivity index (χ0v) is 37.9. The van der Waals surface area contributed by atoms with Gasteiger partial charge < -0.3 is 78.7 Å². The number of carbonyl (C=O) groups excluding carboxylic acids is 6. The largest absolute Gasteiger partial charge is 1.00 e. The first-order chi connectivity index (χ1) is 9.93. The van der Waals surface area contributed by atoms with E-state index in [2.05, 4.69) is 0 Å². The third-order valence-electron chi connectivity index (χ3n) is 0.500. The molecule has 0 aliphatic rings. The Bertz CT molecular complexity index is 423. The van der Waals surface area contributed by atoms with Crippen molar-refractivity contribution in [1.29, 1.82) is 0 Å². The minimum absolute atomic E-state index is 0. The van der Waals surface area contributed by atoms with Crippen LogP contribution in [0.2, 0.25) is 0 Å². The molecule has 16 nitrogen and oxygen atoms in total. The summed E-state index contributed by atoms with van der Waals surface area (Å²) in [5.74, 6) is -13.1. The van der Waals surface area contributed by atoms with Gasteiger partial charge in [0.2, 0.25) is 0 Å². The summed E-state index contributed by atoms with van der Waals surface area (Å²) in [4.78, 5) is 79.2. The number of hydrogen-bond acceptors (Lipinski definition) is 16. The predicted octanol–water partition coefficient (Wildman–Crippen LogP) is -40.3. The third-order valence-corrected chi connectivity index (χ3v) is 0.500. The molecule has 0 unspecified atom stereocenters. The number of carbonyl (C=O) groups is 6. The molecule has 0 aliphatic heterocycles. The van der Waals surface area contributed by atoms with Crippen LogP contribution in [-0.2, 0) is 33.3 Å². The molecule has 134 valence electrons. The van der Waals surface area contributed by atoms with E-state index in [1.807, 2.05) is 0 Å². The van der Waals surface area contributed by atoms with Gasteiger partial charge in [0.1, 0.15) is 0 Å². The van der Waals surface area contributed by atoms with Gasteiger partial charge in [-0.1, -0.05) is 0 Å². The van der Waals surface area contributed by atoms with Gasteiger partial charge in [-0.05, 0) is 0 Å². The monoisotopic (exact) mass is 566 g/mol. The first-order valence-corrected chi connectivity index (χ1v) is 5.39. The van der Waals surface area contributed by atoms with E-state index in [1.54, 1.807) is 0 Å². The van der Waals surface area contributed by atoms with E-state index in [9.17, 15) is 0 Å². The van der Waals surface area contributed by atoms with Crippen LogP contribution in [0.25, 0.3) is 0 Å². The Kier molecular flexibility index (Phi) is 138. The maximum atomic E-state index is 8.93. The first kappa shape index (κ1) is 83.2. The Hall–Kier alpha value is 5.93. The van der Waals surface area contributed by atoms with Gasteiger partial charge in [-0.25, -0.2) is 0 Å². The van der Waals surface area contributed by atoms with Crippen LogP contribution in [0.15, 0.2) is 0 Å². The van der Waals surface area contributed by atoms with Gasteiger partial charge in [-0.3, -0.25) is 0 Å². The van der Waals surface area contributed by atoms with Crippen LogP contribution in [0, 0.1) is 0 Å². The molecule has 0 amide bonds. The van der Waals surface area contributed by atoms with E-state index in [-0.39, 0.29) is 266 Å². The Morgan fingerprint density at radius 1 is 0.344 bits per heavy atom. The van der Waals surface area contributed by atoms with Crippen molar-refractivity contribution < 1.29 is 345 Å². The first-order valence-electron chi connectivity index (χ1n) is 3.93. The summed E-state index contributed by atoms with van der Waals surface area (Å²) in [6.45, 7) is 0. The molecule has 0 heterocycles. The number of carboxylic acids is 6. The summed E-state index contributed by atoms with van der Waals surface area (Å²) < 4.78 is 8.55. The fourth-order valence-electron chi connectivity index (χ4n) is 0. The van der Waals surface area contributed by atoms with Crippen LogP contribution in [0.3, 0.4) is 0 Å². The minimum atomic E-state index is -5.39. The minimum Gasteiger partial charge on any atom is -0.822 e. The van der Waals surface area contributed by atoms with Gasteiger partial charge in [0.15, 0.2) is 0 Å². The second-order valence-corrected chi connectivity index (χ2v) is 3.07. The van der Waals surface area contributed by atoms with Crippen LogP contribution in [0.5, 0.6) is 0 Å². The average Bonchev–Trinajstić information content (AvgIpc) is 2.27. The van der Waals surface area contributed by atoms with Crippen LogP contribution in [0.1, 0.15) is 0 Å². The molecular formula is C6Na9O16P. The Balaban J connectivity index is -0.0000000125. The van der Waals surface area contributed by atoms with E-state index in [0.29, 0.717) is 0 Å². The Morgan fingerprint density at radius 3 is 0.375 bits per heavy atom. The number of phosphoric acid groups is 1. The van der Waals surface area contributed by atoms with Crippen molar-refractivity contribution in [3.8, 4) is 0 Å². The standard InChI is InChI=1S/3C2H2O4.9Na.H3O4P/c3*3-1(4)2(5)6;;;;;;;;;;1-5(2,3)4/h3*(H,3,4)(H,5,6);;;;;;;;;;(H3,1,2,3,4)/q;;;9*+1;/p-9. The van der Waals surface area contributed by atoms with E-state index in [1.165, 1.54) is 0 Å². The molecular weight excluding hydrogens is 566 g/mol. The van der Waals surface area contributed by atoms with Crippen molar-refractivity contribution in [3.63, 3.8) is 0 Å². The second kappa shape index (κ2) is 53.2. The topological polar surface area (TPSA) is 327 Å². The molecule has 0 spiro atoms. The fraction of sp³-hybridized carbons (Fsp3) is 0. The fourth-order valence-corrected chi connectivity index (χ4v) is 0. The predicted molar refractivity (Wildman–Crippen MR) is 37.6 cm³/mol. The van der Waals surface area contributed by atoms with Crippen LogP contribution < -0.4 is 311 Å². The molecule has 0 atom stereocenters. The normalized spacial score (nSPS) is 5.97. The molecule has 0 aliphatic carbocycles. The van der Waals surface area contributed by atoms with Crippen molar-refractivity contribution in [2.24, 2.45) is 0 Å². The zero-order valence-electron chi connectivity index (χ0n) is 19.0. The molecule has 0 aromatic carbocycles. The molecule has 0 fully saturated rings. The second-order valence-electron chi connectivity index (χ2n) is 2.17. The van der Waals surface area contributed by atoms with Gasteiger partial charge in [-0.2, -0.15) is 7.82 Å². The maximum absolute atomic E-state index is 8.93. The number of carboxylic acid groups (broad SMARTS) is 6. The number of hydrogen-bond donors (Lipinski definition) is 0. The molecule has 0 aromatic rings. The summed E-state index contributed by atoms with van der Waals surface area (Å²) >= 11 is 0. The van der Waals surface area contributed by atoms with Gasteiger partial charge >= 0.3 is 266 Å². The Labute approximate surface area is 379 Å². The molecule has 0 aromatic heterocycles. The van der Waals surface area contributed by atoms with E-state index < -0.39 is 43.6 Å². The summed E-state index contributed by atoms with van der Waals surface area (Å²) in [7, 11) is -5.39. The summed E-state index contributed by atoms with van der Waals surface area (Å²) in [6, 6.07) is 0. The SMILES string of the molecule is O=C([O-])C(=O)[O-].O=C([O-])C(=O)[O-].O=C([O-])C(=O)[O-].O=P([O-])([O-])[O-].[Na+].[Na+].[Na+].[Na+].[Na+].[Na+].[Na+].[Na+].[Na+]. The third kappa shape index (κ3) is 136. The molecule has 0 saturated heterocycles. The van der Waals surface area contributed by atoms with Crippen LogP contribution in [0.4, 0.5) is 0 Å². The van der Waals surface area contributed by atoms with E-state index >= 15 is 0 Å². The molecule has 0 saturated carbocycles. The molecule has 26 heteroatoms. The van der Waals surface area contributed by atoms with Gasteiger partial charge in [-0.15, -0.1) is 0 Å². The van der Waals surface area contributed by atoms with E-state index in [4.69, 9.17) is 78.7 Å². The number of rotatable bonds is 0.